The van der Waals surface area contributed by atoms with Crippen LogP contribution in [0.2, 0.25) is 0 Å². The van der Waals surface area contributed by atoms with Gasteiger partial charge in [0.05, 0.1) is 18.2 Å². The fraction of sp³-hybridized carbons (Fsp3) is 0.962. The van der Waals surface area contributed by atoms with Gasteiger partial charge in [-0.15, -0.1) is 10.2 Å². The zero-order chi connectivity index (χ0) is 22.7. The number of tetrazole rings is 1. The molecule has 1 aromatic heterocycles. The molecule has 10 atom stereocenters. The number of aromatic nitrogens is 4. The highest BCUT2D eigenvalue weighted by atomic mass is 16.3. The smallest absolute Gasteiger partial charge is 0.171 e. The molecule has 1 unspecified atom stereocenters. The van der Waals surface area contributed by atoms with Gasteiger partial charge in [-0.05, 0) is 117 Å². The van der Waals surface area contributed by atoms with Crippen LogP contribution in [0.25, 0.3) is 0 Å². The lowest BCUT2D eigenvalue weighted by molar-refractivity contribution is -0.111. The van der Waals surface area contributed by atoms with E-state index in [2.05, 4.69) is 36.2 Å². The van der Waals surface area contributed by atoms with Gasteiger partial charge < -0.3 is 10.2 Å². The van der Waals surface area contributed by atoms with Crippen LogP contribution in [-0.2, 0) is 6.54 Å². The summed E-state index contributed by atoms with van der Waals surface area (Å²) < 4.78 is 0. The molecule has 32 heavy (non-hydrogen) atoms. The average Bonchev–Trinajstić information content (AvgIpc) is 3.26. The van der Waals surface area contributed by atoms with Crippen molar-refractivity contribution in [3.63, 3.8) is 0 Å². The van der Waals surface area contributed by atoms with Gasteiger partial charge in [0.1, 0.15) is 0 Å². The Balaban J connectivity index is 1.31. The fourth-order valence-corrected chi connectivity index (χ4v) is 9.51. The Morgan fingerprint density at radius 2 is 1.91 bits per heavy atom. The Kier molecular flexibility index (Phi) is 5.93. The van der Waals surface area contributed by atoms with E-state index in [0.29, 0.717) is 29.5 Å². The van der Waals surface area contributed by atoms with Crippen molar-refractivity contribution >= 4 is 0 Å². The van der Waals surface area contributed by atoms with Crippen molar-refractivity contribution in [3.8, 4) is 0 Å². The van der Waals surface area contributed by atoms with Crippen LogP contribution >= 0.6 is 0 Å². The maximum Gasteiger partial charge on any atom is 0.171 e. The number of fused-ring (bicyclic) bond motifs is 5. The van der Waals surface area contributed by atoms with Gasteiger partial charge in [0, 0.05) is 0 Å². The summed E-state index contributed by atoms with van der Waals surface area (Å²) in [7, 11) is 0. The van der Waals surface area contributed by atoms with Gasteiger partial charge in [-0.1, -0.05) is 27.2 Å². The van der Waals surface area contributed by atoms with Gasteiger partial charge in [0.2, 0.25) is 0 Å². The number of aryl methyl sites for hydroxylation is 1. The van der Waals surface area contributed by atoms with Crippen molar-refractivity contribution in [3.05, 3.63) is 5.82 Å². The first-order valence-corrected chi connectivity index (χ1v) is 13.4. The number of nitrogens with zero attached hydrogens (tertiary/aromatic N) is 4. The SMILES string of the molecule is CCC[C@@]1(O)CC[C@H]2[C@H](CC[C@@H]3[C@@H]2CC[C@]2(C)[C@@H]([C@@H](C)Cn4nnc(C)n4)C(O)C[C@@H]32)C1. The Morgan fingerprint density at radius 1 is 1.12 bits per heavy atom. The molecule has 0 amide bonds. The molecule has 1 aromatic rings. The Bertz CT molecular complexity index is 814. The first-order valence-electron chi connectivity index (χ1n) is 13.4. The first-order chi connectivity index (χ1) is 15.2. The van der Waals surface area contributed by atoms with E-state index in [-0.39, 0.29) is 11.5 Å². The van der Waals surface area contributed by atoms with Crippen molar-refractivity contribution in [2.75, 3.05) is 0 Å². The first kappa shape index (κ1) is 22.8. The van der Waals surface area contributed by atoms with Crippen molar-refractivity contribution in [2.24, 2.45) is 46.8 Å². The number of aliphatic hydroxyl groups is 2. The van der Waals surface area contributed by atoms with E-state index < -0.39 is 5.60 Å². The molecule has 4 fully saturated rings. The molecule has 0 bridgehead atoms. The predicted octanol–water partition coefficient (Wildman–Crippen LogP) is 4.39. The van der Waals surface area contributed by atoms with Gasteiger partial charge in [-0.25, -0.2) is 0 Å². The highest BCUT2D eigenvalue weighted by Crippen LogP contribution is 2.65. The van der Waals surface area contributed by atoms with Crippen LogP contribution in [-0.4, -0.2) is 42.1 Å². The van der Waals surface area contributed by atoms with Crippen molar-refractivity contribution < 1.29 is 10.2 Å². The van der Waals surface area contributed by atoms with Crippen LogP contribution in [0.1, 0.15) is 90.8 Å². The molecule has 0 spiro atoms. The molecule has 0 saturated heterocycles. The highest BCUT2D eigenvalue weighted by Gasteiger charge is 2.61. The molecule has 6 nitrogen and oxygen atoms in total. The average molecular weight is 445 g/mol. The molecular weight excluding hydrogens is 400 g/mol. The molecular formula is C26H44N4O2. The van der Waals surface area contributed by atoms with E-state index in [1.165, 1.54) is 32.1 Å². The summed E-state index contributed by atoms with van der Waals surface area (Å²) in [6.45, 7) is 9.57. The maximum atomic E-state index is 11.3. The second kappa shape index (κ2) is 8.33. The standard InChI is InChI=1S/C26H44N4O2/c1-5-10-26(32)12-9-19-18(14-26)6-7-21-20(19)8-11-25(4)22(21)13-23(31)24(25)16(2)15-30-28-17(3)27-29-30/h16,18-24,31-32H,5-15H2,1-4H3/t16-,18+,19-,20+,21+,22-,23?,24-,25-,26+/m0/s1. The molecule has 0 aliphatic heterocycles. The second-order valence-electron chi connectivity index (χ2n) is 12.4. The van der Waals surface area contributed by atoms with Crippen molar-refractivity contribution in [1.82, 2.24) is 20.2 Å². The van der Waals surface area contributed by atoms with Crippen LogP contribution < -0.4 is 0 Å². The maximum absolute atomic E-state index is 11.3. The van der Waals surface area contributed by atoms with Crippen molar-refractivity contribution in [1.29, 1.82) is 0 Å². The van der Waals surface area contributed by atoms with Crippen molar-refractivity contribution in [2.45, 2.75) is 110 Å². The molecule has 0 aromatic carbocycles. The topological polar surface area (TPSA) is 84.1 Å². The molecule has 180 valence electrons. The third-order valence-corrected chi connectivity index (χ3v) is 10.5. The van der Waals surface area contributed by atoms with Gasteiger partial charge in [-0.3, -0.25) is 0 Å². The number of hydrogen-bond acceptors (Lipinski definition) is 5. The normalized spacial score (nSPS) is 46.9. The minimum Gasteiger partial charge on any atom is -0.393 e. The van der Waals surface area contributed by atoms with E-state index in [4.69, 9.17) is 0 Å². The predicted molar refractivity (Wildman–Crippen MR) is 124 cm³/mol. The number of rotatable bonds is 5. The van der Waals surface area contributed by atoms with E-state index in [9.17, 15) is 10.2 Å². The molecule has 5 rings (SSSR count). The van der Waals surface area contributed by atoms with Crippen LogP contribution in [0.3, 0.4) is 0 Å². The number of hydrogen-bond donors (Lipinski definition) is 2. The minimum absolute atomic E-state index is 0.208. The summed E-state index contributed by atoms with van der Waals surface area (Å²) >= 11 is 0. The molecule has 6 heteroatoms. The van der Waals surface area contributed by atoms with E-state index in [0.717, 1.165) is 56.4 Å². The van der Waals surface area contributed by atoms with Crippen LogP contribution in [0.4, 0.5) is 0 Å². The fourth-order valence-electron chi connectivity index (χ4n) is 9.51. The minimum atomic E-state index is -0.399. The van der Waals surface area contributed by atoms with Gasteiger partial charge in [0.15, 0.2) is 5.82 Å². The lowest BCUT2D eigenvalue weighted by atomic mass is 9.48. The van der Waals surface area contributed by atoms with Gasteiger partial charge in [-0.2, -0.15) is 4.80 Å². The summed E-state index contributed by atoms with van der Waals surface area (Å²) in [6.07, 6.45) is 11.2. The molecule has 1 heterocycles. The lowest BCUT2D eigenvalue weighted by Crippen LogP contribution is -2.51. The number of aliphatic hydroxyl groups excluding tert-OH is 1. The zero-order valence-corrected chi connectivity index (χ0v) is 20.6. The molecule has 4 saturated carbocycles. The highest BCUT2D eigenvalue weighted by molar-refractivity contribution is 5.10. The van der Waals surface area contributed by atoms with Gasteiger partial charge in [0.25, 0.3) is 0 Å². The monoisotopic (exact) mass is 444 g/mol. The summed E-state index contributed by atoms with van der Waals surface area (Å²) in [6, 6.07) is 0. The molecule has 4 aliphatic rings. The summed E-state index contributed by atoms with van der Waals surface area (Å²) in [5.74, 6) is 5.05. The Labute approximate surface area is 193 Å². The quantitative estimate of drug-likeness (QED) is 0.704. The van der Waals surface area contributed by atoms with Crippen LogP contribution in [0.15, 0.2) is 0 Å². The Morgan fingerprint density at radius 3 is 2.62 bits per heavy atom. The van der Waals surface area contributed by atoms with Crippen LogP contribution in [0.5, 0.6) is 0 Å². The van der Waals surface area contributed by atoms with E-state index in [1.54, 1.807) is 4.80 Å². The summed E-state index contributed by atoms with van der Waals surface area (Å²) in [5.41, 5.74) is -0.191. The summed E-state index contributed by atoms with van der Waals surface area (Å²) in [5, 5.41) is 35.0. The molecule has 4 aliphatic carbocycles. The third-order valence-electron chi connectivity index (χ3n) is 10.5. The molecule has 0 radical (unpaired) electrons. The van der Waals surface area contributed by atoms with E-state index >= 15 is 0 Å². The third kappa shape index (κ3) is 3.73. The van der Waals surface area contributed by atoms with Gasteiger partial charge >= 0.3 is 0 Å². The van der Waals surface area contributed by atoms with E-state index in [1.807, 2.05) is 6.92 Å². The largest absolute Gasteiger partial charge is 0.393 e. The summed E-state index contributed by atoms with van der Waals surface area (Å²) in [4.78, 5) is 1.72. The lowest BCUT2D eigenvalue weighted by Gasteiger charge is -2.57. The zero-order valence-electron chi connectivity index (χ0n) is 20.6. The van der Waals surface area contributed by atoms with Crippen LogP contribution in [0, 0.1) is 53.8 Å². The second-order valence-corrected chi connectivity index (χ2v) is 12.4. The molecule has 2 N–H and O–H groups in total. The Hall–Kier alpha value is -1.01.